The summed E-state index contributed by atoms with van der Waals surface area (Å²) in [5, 5.41) is 0. The molecule has 1 saturated carbocycles. The third-order valence-electron chi connectivity index (χ3n) is 4.47. The Morgan fingerprint density at radius 2 is 2.11 bits per heavy atom. The van der Waals surface area contributed by atoms with Crippen molar-refractivity contribution in [3.63, 3.8) is 0 Å². The van der Waals surface area contributed by atoms with Crippen molar-refractivity contribution in [2.75, 3.05) is 6.61 Å². The highest BCUT2D eigenvalue weighted by molar-refractivity contribution is 5.72. The zero-order chi connectivity index (χ0) is 13.2. The lowest BCUT2D eigenvalue weighted by molar-refractivity contribution is -0.141. The van der Waals surface area contributed by atoms with Gasteiger partial charge in [0.1, 0.15) is 6.10 Å². The minimum absolute atomic E-state index is 0.0324. The summed E-state index contributed by atoms with van der Waals surface area (Å²) in [5.41, 5.74) is 1.20. The van der Waals surface area contributed by atoms with Crippen LogP contribution in [0.3, 0.4) is 0 Å². The molecule has 19 heavy (non-hydrogen) atoms. The van der Waals surface area contributed by atoms with E-state index in [9.17, 15) is 4.79 Å². The maximum atomic E-state index is 11.3. The SMILES string of the molecule is C[C@@H]1C[C@@H]2OC(=O)C[C@@H]2[C@H]1COCc1ccccc1. The van der Waals surface area contributed by atoms with E-state index in [1.807, 2.05) is 18.2 Å². The van der Waals surface area contributed by atoms with E-state index in [1.165, 1.54) is 5.56 Å². The second-order valence-corrected chi connectivity index (χ2v) is 5.77. The smallest absolute Gasteiger partial charge is 0.306 e. The van der Waals surface area contributed by atoms with Gasteiger partial charge in [0, 0.05) is 5.92 Å². The molecule has 0 N–H and O–H groups in total. The summed E-state index contributed by atoms with van der Waals surface area (Å²) in [5.74, 6) is 1.38. The molecule has 1 saturated heterocycles. The molecule has 3 nitrogen and oxygen atoms in total. The second-order valence-electron chi connectivity index (χ2n) is 5.77. The number of hydrogen-bond donors (Lipinski definition) is 0. The molecule has 1 aromatic carbocycles. The van der Waals surface area contributed by atoms with Crippen molar-refractivity contribution in [2.45, 2.75) is 32.5 Å². The largest absolute Gasteiger partial charge is 0.462 e. The van der Waals surface area contributed by atoms with Crippen molar-refractivity contribution < 1.29 is 14.3 Å². The average molecular weight is 260 g/mol. The van der Waals surface area contributed by atoms with Gasteiger partial charge in [-0.25, -0.2) is 0 Å². The van der Waals surface area contributed by atoms with Crippen molar-refractivity contribution in [2.24, 2.45) is 17.8 Å². The van der Waals surface area contributed by atoms with E-state index in [2.05, 4.69) is 19.1 Å². The third-order valence-corrected chi connectivity index (χ3v) is 4.47. The summed E-state index contributed by atoms with van der Waals surface area (Å²) in [6.45, 7) is 3.62. The molecule has 0 unspecified atom stereocenters. The number of carbonyl (C=O) groups is 1. The predicted molar refractivity (Wildman–Crippen MR) is 71.4 cm³/mol. The second kappa shape index (κ2) is 5.33. The minimum Gasteiger partial charge on any atom is -0.462 e. The number of rotatable bonds is 4. The molecule has 0 amide bonds. The molecule has 0 bridgehead atoms. The first-order valence-electron chi connectivity index (χ1n) is 7.05. The summed E-state index contributed by atoms with van der Waals surface area (Å²) >= 11 is 0. The van der Waals surface area contributed by atoms with Crippen molar-refractivity contribution in [1.82, 2.24) is 0 Å². The molecular formula is C16H20O3. The normalized spacial score (nSPS) is 33.2. The van der Waals surface area contributed by atoms with E-state index in [-0.39, 0.29) is 12.1 Å². The third kappa shape index (κ3) is 2.66. The molecular weight excluding hydrogens is 240 g/mol. The van der Waals surface area contributed by atoms with Crippen LogP contribution in [0.1, 0.15) is 25.3 Å². The minimum atomic E-state index is -0.0324. The molecule has 2 fully saturated rings. The Morgan fingerprint density at radius 3 is 2.89 bits per heavy atom. The maximum Gasteiger partial charge on any atom is 0.306 e. The zero-order valence-electron chi connectivity index (χ0n) is 11.2. The van der Waals surface area contributed by atoms with Gasteiger partial charge in [0.2, 0.25) is 0 Å². The lowest BCUT2D eigenvalue weighted by Crippen LogP contribution is -2.21. The summed E-state index contributed by atoms with van der Waals surface area (Å²) in [4.78, 5) is 11.3. The number of ether oxygens (including phenoxy) is 2. The van der Waals surface area contributed by atoms with Gasteiger partial charge in [0.15, 0.2) is 0 Å². The zero-order valence-corrected chi connectivity index (χ0v) is 11.2. The van der Waals surface area contributed by atoms with Gasteiger partial charge in [-0.05, 0) is 23.8 Å². The van der Waals surface area contributed by atoms with Crippen LogP contribution >= 0.6 is 0 Å². The van der Waals surface area contributed by atoms with Gasteiger partial charge in [0.25, 0.3) is 0 Å². The van der Waals surface area contributed by atoms with Crippen LogP contribution in [0, 0.1) is 17.8 Å². The molecule has 1 heterocycles. The Kier molecular flexibility index (Phi) is 3.56. The summed E-state index contributed by atoms with van der Waals surface area (Å²) in [7, 11) is 0. The van der Waals surface area contributed by atoms with Crippen LogP contribution in [0.5, 0.6) is 0 Å². The fourth-order valence-electron chi connectivity index (χ4n) is 3.42. The van der Waals surface area contributed by atoms with Crippen LogP contribution in [0.2, 0.25) is 0 Å². The van der Waals surface area contributed by atoms with Crippen LogP contribution in [0.4, 0.5) is 0 Å². The lowest BCUT2D eigenvalue weighted by Gasteiger charge is -2.19. The maximum absolute atomic E-state index is 11.3. The van der Waals surface area contributed by atoms with Crippen molar-refractivity contribution in [1.29, 1.82) is 0 Å². The van der Waals surface area contributed by atoms with E-state index in [0.29, 0.717) is 30.8 Å². The van der Waals surface area contributed by atoms with E-state index < -0.39 is 0 Å². The van der Waals surface area contributed by atoms with E-state index in [1.54, 1.807) is 0 Å². The van der Waals surface area contributed by atoms with Crippen LogP contribution in [-0.2, 0) is 20.9 Å². The standard InChI is InChI=1S/C16H20O3/c1-11-7-15-13(8-16(17)19-15)14(11)10-18-9-12-5-3-2-4-6-12/h2-6,11,13-15H,7-10H2,1H3/t11-,13-,14+,15+/m1/s1. The fourth-order valence-corrected chi connectivity index (χ4v) is 3.42. The van der Waals surface area contributed by atoms with Gasteiger partial charge in [-0.3, -0.25) is 4.79 Å². The van der Waals surface area contributed by atoms with Crippen LogP contribution in [-0.4, -0.2) is 18.7 Å². The quantitative estimate of drug-likeness (QED) is 0.781. The van der Waals surface area contributed by atoms with Gasteiger partial charge >= 0.3 is 5.97 Å². The highest BCUT2D eigenvalue weighted by Crippen LogP contribution is 2.44. The van der Waals surface area contributed by atoms with Crippen LogP contribution in [0.15, 0.2) is 30.3 Å². The lowest BCUT2D eigenvalue weighted by atomic mass is 9.89. The van der Waals surface area contributed by atoms with Gasteiger partial charge < -0.3 is 9.47 Å². The number of carbonyl (C=O) groups excluding carboxylic acids is 1. The summed E-state index contributed by atoms with van der Waals surface area (Å²) < 4.78 is 11.2. The molecule has 0 radical (unpaired) electrons. The predicted octanol–water partition coefficient (Wildman–Crippen LogP) is 2.79. The Labute approximate surface area is 113 Å². The molecule has 2 aliphatic rings. The number of benzene rings is 1. The van der Waals surface area contributed by atoms with Crippen LogP contribution in [0.25, 0.3) is 0 Å². The van der Waals surface area contributed by atoms with E-state index in [0.717, 1.165) is 13.0 Å². The molecule has 1 aliphatic heterocycles. The number of fused-ring (bicyclic) bond motifs is 1. The number of hydrogen-bond acceptors (Lipinski definition) is 3. The topological polar surface area (TPSA) is 35.5 Å². The van der Waals surface area contributed by atoms with Gasteiger partial charge in [0.05, 0.1) is 19.6 Å². The van der Waals surface area contributed by atoms with Gasteiger partial charge in [-0.1, -0.05) is 37.3 Å². The number of esters is 1. The van der Waals surface area contributed by atoms with Gasteiger partial charge in [-0.2, -0.15) is 0 Å². The molecule has 0 aromatic heterocycles. The van der Waals surface area contributed by atoms with Crippen molar-refractivity contribution in [3.8, 4) is 0 Å². The van der Waals surface area contributed by atoms with Crippen molar-refractivity contribution in [3.05, 3.63) is 35.9 Å². The average Bonchev–Trinajstić information content (AvgIpc) is 2.88. The van der Waals surface area contributed by atoms with E-state index in [4.69, 9.17) is 9.47 Å². The Morgan fingerprint density at radius 1 is 1.32 bits per heavy atom. The Bertz CT molecular complexity index is 443. The highest BCUT2D eigenvalue weighted by atomic mass is 16.6. The molecule has 3 rings (SSSR count). The molecule has 0 spiro atoms. The molecule has 1 aromatic rings. The van der Waals surface area contributed by atoms with Crippen molar-refractivity contribution >= 4 is 5.97 Å². The summed E-state index contributed by atoms with van der Waals surface area (Å²) in [6, 6.07) is 10.2. The Balaban J connectivity index is 1.53. The first kappa shape index (κ1) is 12.7. The first-order chi connectivity index (χ1) is 9.24. The van der Waals surface area contributed by atoms with Crippen LogP contribution < -0.4 is 0 Å². The van der Waals surface area contributed by atoms with Gasteiger partial charge in [-0.15, -0.1) is 0 Å². The molecule has 4 atom stereocenters. The molecule has 3 heteroatoms. The molecule has 1 aliphatic carbocycles. The molecule has 102 valence electrons. The Hall–Kier alpha value is -1.35. The summed E-state index contributed by atoms with van der Waals surface area (Å²) in [6.07, 6.45) is 1.72. The monoisotopic (exact) mass is 260 g/mol. The first-order valence-corrected chi connectivity index (χ1v) is 7.05. The highest BCUT2D eigenvalue weighted by Gasteiger charge is 2.48. The van der Waals surface area contributed by atoms with E-state index >= 15 is 0 Å². The fraction of sp³-hybridized carbons (Fsp3) is 0.562.